The van der Waals surface area contributed by atoms with Crippen molar-refractivity contribution in [2.24, 2.45) is 5.73 Å². The third kappa shape index (κ3) is 3.54. The van der Waals surface area contributed by atoms with Crippen molar-refractivity contribution >= 4 is 11.9 Å². The minimum absolute atomic E-state index is 0.0863. The number of nitrogens with one attached hydrogen (secondary N) is 1. The van der Waals surface area contributed by atoms with Crippen LogP contribution in [0.4, 0.5) is 0 Å². The largest absolute Gasteiger partial charge is 0.463 e. The van der Waals surface area contributed by atoms with Crippen molar-refractivity contribution in [2.45, 2.75) is 26.7 Å². The molecule has 7 nitrogen and oxygen atoms in total. The summed E-state index contributed by atoms with van der Waals surface area (Å²) in [5.41, 5.74) is 7.66. The third-order valence-corrected chi connectivity index (χ3v) is 3.98. The van der Waals surface area contributed by atoms with E-state index in [4.69, 9.17) is 15.2 Å². The molecule has 136 valence electrons. The lowest BCUT2D eigenvalue weighted by atomic mass is 9.79. The van der Waals surface area contributed by atoms with Crippen LogP contribution in [0, 0.1) is 11.3 Å². The second kappa shape index (κ2) is 8.21. The molecule has 0 saturated heterocycles. The van der Waals surface area contributed by atoms with Gasteiger partial charge in [0.2, 0.25) is 0 Å². The number of ether oxygens (including phenoxy) is 2. The molecule has 1 aliphatic rings. The summed E-state index contributed by atoms with van der Waals surface area (Å²) in [5, 5.41) is 12.3. The van der Waals surface area contributed by atoms with E-state index in [0.717, 1.165) is 0 Å². The molecule has 1 aromatic carbocycles. The molecule has 1 aromatic rings. The Morgan fingerprint density at radius 1 is 1.15 bits per heavy atom. The first-order valence-electron chi connectivity index (χ1n) is 8.26. The Balaban J connectivity index is 2.72. The first-order valence-corrected chi connectivity index (χ1v) is 8.26. The maximum atomic E-state index is 12.6. The maximum Gasteiger partial charge on any atom is 0.338 e. The first-order chi connectivity index (χ1) is 12.5. The Bertz CT molecular complexity index is 793. The first kappa shape index (κ1) is 19.1. The van der Waals surface area contributed by atoms with Crippen LogP contribution in [0.3, 0.4) is 0 Å². The fourth-order valence-corrected chi connectivity index (χ4v) is 2.93. The van der Waals surface area contributed by atoms with Crippen molar-refractivity contribution in [1.82, 2.24) is 5.32 Å². The molecule has 0 spiro atoms. The van der Waals surface area contributed by atoms with Gasteiger partial charge in [-0.2, -0.15) is 5.26 Å². The maximum absolute atomic E-state index is 12.6. The highest BCUT2D eigenvalue weighted by Crippen LogP contribution is 2.39. The summed E-state index contributed by atoms with van der Waals surface area (Å²) in [6, 6.07) is 8.84. The lowest BCUT2D eigenvalue weighted by Crippen LogP contribution is -2.36. The zero-order chi connectivity index (χ0) is 19.3. The van der Waals surface area contributed by atoms with Gasteiger partial charge in [-0.3, -0.25) is 0 Å². The number of nitriles is 1. The Labute approximate surface area is 152 Å². The smallest absolute Gasteiger partial charge is 0.338 e. The molecule has 0 aromatic heterocycles. The predicted octanol–water partition coefficient (Wildman–Crippen LogP) is 1.82. The number of rotatable bonds is 5. The summed E-state index contributed by atoms with van der Waals surface area (Å²) in [6.07, 6.45) is 0. The monoisotopic (exact) mass is 355 g/mol. The average molecular weight is 355 g/mol. The Morgan fingerprint density at radius 3 is 2.31 bits per heavy atom. The summed E-state index contributed by atoms with van der Waals surface area (Å²) in [4.78, 5) is 25.2. The van der Waals surface area contributed by atoms with Gasteiger partial charge in [0.15, 0.2) is 0 Å². The fourth-order valence-electron chi connectivity index (χ4n) is 2.93. The van der Waals surface area contributed by atoms with E-state index in [1.165, 1.54) is 0 Å². The number of nitrogens with two attached hydrogens (primary N) is 1. The van der Waals surface area contributed by atoms with E-state index in [0.29, 0.717) is 16.8 Å². The van der Waals surface area contributed by atoms with Gasteiger partial charge in [-0.05, 0) is 32.4 Å². The van der Waals surface area contributed by atoms with Gasteiger partial charge >= 0.3 is 11.9 Å². The molecule has 26 heavy (non-hydrogen) atoms. The third-order valence-electron chi connectivity index (χ3n) is 3.98. The van der Waals surface area contributed by atoms with E-state index in [1.807, 2.05) is 0 Å². The number of carbonyl (C=O) groups is 2. The molecule has 0 bridgehead atoms. The number of allylic oxidation sites excluding steroid dienone is 1. The van der Waals surface area contributed by atoms with Gasteiger partial charge in [-0.1, -0.05) is 18.2 Å². The number of dihydropyridines is 1. The minimum atomic E-state index is -0.856. The molecule has 1 unspecified atom stereocenters. The molecule has 7 heteroatoms. The van der Waals surface area contributed by atoms with E-state index in [1.54, 1.807) is 45.0 Å². The molecule has 1 aliphatic heterocycles. The fraction of sp³-hybridized carbons (Fsp3) is 0.316. The summed E-state index contributed by atoms with van der Waals surface area (Å²) in [7, 11) is 0. The van der Waals surface area contributed by atoms with Crippen LogP contribution in [0.1, 0.15) is 37.8 Å². The number of hydrogen-bond acceptors (Lipinski definition) is 7. The second-order valence-electron chi connectivity index (χ2n) is 5.56. The second-order valence-corrected chi connectivity index (χ2v) is 5.56. The Morgan fingerprint density at radius 2 is 1.73 bits per heavy atom. The van der Waals surface area contributed by atoms with Crippen molar-refractivity contribution in [3.05, 3.63) is 58.1 Å². The molecule has 0 amide bonds. The van der Waals surface area contributed by atoms with Crippen molar-refractivity contribution < 1.29 is 19.1 Å². The van der Waals surface area contributed by atoms with Crippen LogP contribution in [-0.4, -0.2) is 25.2 Å². The van der Waals surface area contributed by atoms with Crippen LogP contribution >= 0.6 is 0 Å². The van der Waals surface area contributed by atoms with Gasteiger partial charge < -0.3 is 20.5 Å². The van der Waals surface area contributed by atoms with E-state index in [2.05, 4.69) is 11.4 Å². The lowest BCUT2D eigenvalue weighted by Gasteiger charge is -2.30. The zero-order valence-electron chi connectivity index (χ0n) is 15.0. The number of carbonyl (C=O) groups excluding carboxylic acids is 2. The van der Waals surface area contributed by atoms with Crippen LogP contribution in [0.5, 0.6) is 0 Å². The summed E-state index contributed by atoms with van der Waals surface area (Å²) in [6.45, 7) is 5.37. The average Bonchev–Trinajstić information content (AvgIpc) is 2.61. The van der Waals surface area contributed by atoms with Crippen molar-refractivity contribution in [3.8, 4) is 6.07 Å². The normalized spacial score (nSPS) is 16.6. The number of benzene rings is 1. The van der Waals surface area contributed by atoms with E-state index >= 15 is 0 Å². The molecule has 0 saturated carbocycles. The van der Waals surface area contributed by atoms with Crippen LogP contribution in [0.15, 0.2) is 46.9 Å². The van der Waals surface area contributed by atoms with Crippen LogP contribution in [0.25, 0.3) is 0 Å². The number of nitrogens with zero attached hydrogens (tertiary/aromatic N) is 1. The number of hydrogen-bond donors (Lipinski definition) is 2. The van der Waals surface area contributed by atoms with Crippen LogP contribution in [-0.2, 0) is 19.1 Å². The van der Waals surface area contributed by atoms with Gasteiger partial charge in [-0.25, -0.2) is 9.59 Å². The topological polar surface area (TPSA) is 114 Å². The van der Waals surface area contributed by atoms with Gasteiger partial charge in [0.25, 0.3) is 0 Å². The summed E-state index contributed by atoms with van der Waals surface area (Å²) in [5.74, 6) is -1.99. The van der Waals surface area contributed by atoms with Gasteiger partial charge in [0.1, 0.15) is 5.82 Å². The van der Waals surface area contributed by atoms with Gasteiger partial charge in [0.05, 0.1) is 41.9 Å². The van der Waals surface area contributed by atoms with E-state index in [-0.39, 0.29) is 30.2 Å². The van der Waals surface area contributed by atoms with Gasteiger partial charge in [0, 0.05) is 5.70 Å². The van der Waals surface area contributed by atoms with E-state index in [9.17, 15) is 14.9 Å². The van der Waals surface area contributed by atoms with E-state index < -0.39 is 17.9 Å². The molecule has 3 N–H and O–H groups in total. The molecular formula is C19H21N3O4. The van der Waals surface area contributed by atoms with Crippen molar-refractivity contribution in [3.63, 3.8) is 0 Å². The minimum Gasteiger partial charge on any atom is -0.463 e. The highest BCUT2D eigenvalue weighted by Gasteiger charge is 2.39. The van der Waals surface area contributed by atoms with Crippen LogP contribution < -0.4 is 11.1 Å². The summed E-state index contributed by atoms with van der Waals surface area (Å²) >= 11 is 0. The quantitative estimate of drug-likeness (QED) is 0.774. The molecule has 0 fully saturated rings. The summed E-state index contributed by atoms with van der Waals surface area (Å²) < 4.78 is 10.3. The number of esters is 2. The van der Waals surface area contributed by atoms with Crippen molar-refractivity contribution in [2.75, 3.05) is 13.2 Å². The molecule has 0 radical (unpaired) electrons. The highest BCUT2D eigenvalue weighted by molar-refractivity contribution is 6.00. The zero-order valence-corrected chi connectivity index (χ0v) is 15.0. The molecule has 1 heterocycles. The molecule has 1 atom stereocenters. The molecular weight excluding hydrogens is 334 g/mol. The lowest BCUT2D eigenvalue weighted by molar-refractivity contribution is -0.139. The SMILES string of the molecule is CCOC(=O)C1=C(C)NC(N)=C(C(=O)OCC)C1c1ccccc1C#N. The standard InChI is InChI=1S/C19H21N3O4/c1-4-25-18(23)14-11(3)22-17(21)16(19(24)26-5-2)15(14)13-9-7-6-8-12(13)10-20/h6-9,15,22H,4-5,21H2,1-3H3. The van der Waals surface area contributed by atoms with Gasteiger partial charge in [-0.15, -0.1) is 0 Å². The Kier molecular flexibility index (Phi) is 6.02. The predicted molar refractivity (Wildman–Crippen MR) is 94.2 cm³/mol. The highest BCUT2D eigenvalue weighted by atomic mass is 16.5. The van der Waals surface area contributed by atoms with Crippen LogP contribution in [0.2, 0.25) is 0 Å². The Hall–Kier alpha value is -3.27. The molecule has 2 rings (SSSR count). The van der Waals surface area contributed by atoms with Crippen molar-refractivity contribution in [1.29, 1.82) is 5.26 Å². The molecule has 0 aliphatic carbocycles.